The molecule has 1 aliphatic carbocycles. The second-order valence-corrected chi connectivity index (χ2v) is 7.64. The van der Waals surface area contributed by atoms with Crippen LogP contribution in [0.1, 0.15) is 46.4 Å². The zero-order valence-corrected chi connectivity index (χ0v) is 16.9. The minimum absolute atomic E-state index is 0.107. The second-order valence-electron chi connectivity index (χ2n) is 7.64. The molecule has 0 N–H and O–H groups in total. The summed E-state index contributed by atoms with van der Waals surface area (Å²) in [5.41, 5.74) is 3.85. The SMILES string of the molecule is CCOC(=O)N1CCN(c2ncc3c(n2)CC(c2ccc(C)cc2)CC3=O)CC1. The van der Waals surface area contributed by atoms with Crippen molar-refractivity contribution >= 4 is 17.8 Å². The maximum absolute atomic E-state index is 12.7. The third-order valence-electron chi connectivity index (χ3n) is 5.66. The summed E-state index contributed by atoms with van der Waals surface area (Å²) in [6.07, 6.45) is 2.63. The molecule has 1 amide bonds. The molecule has 4 rings (SSSR count). The van der Waals surface area contributed by atoms with Crippen molar-refractivity contribution < 1.29 is 14.3 Å². The molecular formula is C22H26N4O3. The molecule has 1 atom stereocenters. The highest BCUT2D eigenvalue weighted by Gasteiger charge is 2.29. The number of aryl methyl sites for hydroxylation is 1. The van der Waals surface area contributed by atoms with Crippen LogP contribution in [0.15, 0.2) is 30.5 Å². The molecule has 29 heavy (non-hydrogen) atoms. The van der Waals surface area contributed by atoms with Crippen LogP contribution in [0.2, 0.25) is 0 Å². The van der Waals surface area contributed by atoms with E-state index in [4.69, 9.17) is 9.72 Å². The van der Waals surface area contributed by atoms with Gasteiger partial charge in [0, 0.05) is 38.8 Å². The molecule has 0 spiro atoms. The van der Waals surface area contributed by atoms with Crippen LogP contribution in [0.5, 0.6) is 0 Å². The number of hydrogen-bond acceptors (Lipinski definition) is 6. The number of ether oxygens (including phenoxy) is 1. The lowest BCUT2D eigenvalue weighted by molar-refractivity contribution is 0.0961. The highest BCUT2D eigenvalue weighted by molar-refractivity contribution is 5.98. The maximum atomic E-state index is 12.7. The Kier molecular flexibility index (Phi) is 5.47. The smallest absolute Gasteiger partial charge is 0.409 e. The number of aromatic nitrogens is 2. The van der Waals surface area contributed by atoms with Crippen molar-refractivity contribution in [3.8, 4) is 0 Å². The van der Waals surface area contributed by atoms with E-state index in [1.54, 1.807) is 18.0 Å². The van der Waals surface area contributed by atoms with Crippen LogP contribution in [0.25, 0.3) is 0 Å². The average molecular weight is 394 g/mol. The monoisotopic (exact) mass is 394 g/mol. The van der Waals surface area contributed by atoms with Crippen LogP contribution < -0.4 is 4.90 Å². The molecule has 0 bridgehead atoms. The van der Waals surface area contributed by atoms with E-state index in [2.05, 4.69) is 41.1 Å². The number of carbonyl (C=O) groups is 2. The lowest BCUT2D eigenvalue weighted by Gasteiger charge is -2.34. The fraction of sp³-hybridized carbons (Fsp3) is 0.455. The largest absolute Gasteiger partial charge is 0.450 e. The molecule has 2 aromatic rings. The highest BCUT2D eigenvalue weighted by atomic mass is 16.6. The van der Waals surface area contributed by atoms with Crippen molar-refractivity contribution in [1.29, 1.82) is 0 Å². The molecule has 1 aromatic carbocycles. The molecule has 1 aliphatic heterocycles. The van der Waals surface area contributed by atoms with Crippen molar-refractivity contribution in [3.63, 3.8) is 0 Å². The number of carbonyl (C=O) groups excluding carboxylic acids is 2. The van der Waals surface area contributed by atoms with Gasteiger partial charge in [-0.15, -0.1) is 0 Å². The maximum Gasteiger partial charge on any atom is 0.409 e. The topological polar surface area (TPSA) is 75.6 Å². The van der Waals surface area contributed by atoms with Crippen LogP contribution in [0.3, 0.4) is 0 Å². The van der Waals surface area contributed by atoms with Crippen LogP contribution in [0.4, 0.5) is 10.7 Å². The summed E-state index contributed by atoms with van der Waals surface area (Å²) < 4.78 is 5.07. The molecule has 0 radical (unpaired) electrons. The molecule has 1 unspecified atom stereocenters. The number of hydrogen-bond donors (Lipinski definition) is 0. The zero-order chi connectivity index (χ0) is 20.4. The van der Waals surface area contributed by atoms with E-state index in [0.717, 1.165) is 12.1 Å². The number of ketones is 1. The summed E-state index contributed by atoms with van der Waals surface area (Å²) in [5, 5.41) is 0. The molecule has 2 aliphatic rings. The van der Waals surface area contributed by atoms with Gasteiger partial charge in [0.15, 0.2) is 5.78 Å². The van der Waals surface area contributed by atoms with Gasteiger partial charge in [-0.3, -0.25) is 4.79 Å². The third-order valence-corrected chi connectivity index (χ3v) is 5.66. The first-order valence-corrected chi connectivity index (χ1v) is 10.2. The zero-order valence-electron chi connectivity index (χ0n) is 16.9. The van der Waals surface area contributed by atoms with Gasteiger partial charge >= 0.3 is 6.09 Å². The van der Waals surface area contributed by atoms with E-state index in [9.17, 15) is 9.59 Å². The Hall–Kier alpha value is -2.96. The van der Waals surface area contributed by atoms with Crippen molar-refractivity contribution in [2.75, 3.05) is 37.7 Å². The fourth-order valence-corrected chi connectivity index (χ4v) is 3.96. The van der Waals surface area contributed by atoms with Gasteiger partial charge in [0.1, 0.15) is 0 Å². The number of fused-ring (bicyclic) bond motifs is 1. The van der Waals surface area contributed by atoms with E-state index in [0.29, 0.717) is 50.7 Å². The lowest BCUT2D eigenvalue weighted by Crippen LogP contribution is -2.49. The van der Waals surface area contributed by atoms with Gasteiger partial charge < -0.3 is 14.5 Å². The van der Waals surface area contributed by atoms with Crippen molar-refractivity contribution in [2.24, 2.45) is 0 Å². The van der Waals surface area contributed by atoms with Gasteiger partial charge in [0.05, 0.1) is 17.9 Å². The first-order valence-electron chi connectivity index (χ1n) is 10.2. The molecule has 7 nitrogen and oxygen atoms in total. The molecular weight excluding hydrogens is 368 g/mol. The Morgan fingerprint density at radius 2 is 1.86 bits per heavy atom. The van der Waals surface area contributed by atoms with E-state index >= 15 is 0 Å². The number of benzene rings is 1. The van der Waals surface area contributed by atoms with Crippen LogP contribution in [0, 0.1) is 6.92 Å². The molecule has 1 aromatic heterocycles. The van der Waals surface area contributed by atoms with Crippen molar-refractivity contribution in [1.82, 2.24) is 14.9 Å². The Morgan fingerprint density at radius 1 is 1.14 bits per heavy atom. The predicted octanol–water partition coefficient (Wildman–Crippen LogP) is 2.98. The minimum atomic E-state index is -0.273. The van der Waals surface area contributed by atoms with Gasteiger partial charge in [-0.05, 0) is 31.7 Å². The standard InChI is InChI=1S/C22H26N4O3/c1-3-29-22(28)26-10-8-25(9-11-26)21-23-14-18-19(24-21)12-17(13-20(18)27)16-6-4-15(2)5-7-16/h4-7,14,17H,3,8-13H2,1-2H3. The van der Waals surface area contributed by atoms with Crippen LogP contribution >= 0.6 is 0 Å². The van der Waals surface area contributed by atoms with E-state index < -0.39 is 0 Å². The van der Waals surface area contributed by atoms with Gasteiger partial charge in [-0.2, -0.15) is 0 Å². The molecule has 7 heteroatoms. The predicted molar refractivity (Wildman–Crippen MR) is 109 cm³/mol. The number of rotatable bonds is 3. The Labute approximate surface area is 170 Å². The van der Waals surface area contributed by atoms with Gasteiger partial charge in [0.2, 0.25) is 5.95 Å². The first-order chi connectivity index (χ1) is 14.0. The van der Waals surface area contributed by atoms with Gasteiger partial charge in [-0.25, -0.2) is 14.8 Å². The third kappa shape index (κ3) is 4.09. The Morgan fingerprint density at radius 3 is 2.55 bits per heavy atom. The van der Waals surface area contributed by atoms with Crippen LogP contribution in [-0.4, -0.2) is 59.5 Å². The molecule has 2 heterocycles. The van der Waals surface area contributed by atoms with Crippen molar-refractivity contribution in [3.05, 3.63) is 52.8 Å². The normalized spacial score (nSPS) is 19.1. The average Bonchev–Trinajstić information content (AvgIpc) is 2.74. The fourth-order valence-electron chi connectivity index (χ4n) is 3.96. The van der Waals surface area contributed by atoms with E-state index in [1.807, 2.05) is 0 Å². The molecule has 0 saturated carbocycles. The number of piperazine rings is 1. The molecule has 1 saturated heterocycles. The minimum Gasteiger partial charge on any atom is -0.450 e. The Balaban J connectivity index is 1.49. The Bertz CT molecular complexity index is 905. The number of nitrogens with zero attached hydrogens (tertiary/aromatic N) is 4. The summed E-state index contributed by atoms with van der Waals surface area (Å²) in [5.74, 6) is 0.888. The lowest BCUT2D eigenvalue weighted by atomic mass is 9.82. The van der Waals surface area contributed by atoms with Gasteiger partial charge in [0.25, 0.3) is 0 Å². The summed E-state index contributed by atoms with van der Waals surface area (Å²) in [6.45, 7) is 6.68. The first kappa shape index (κ1) is 19.4. The van der Waals surface area contributed by atoms with Crippen LogP contribution in [-0.2, 0) is 11.2 Å². The summed E-state index contributed by atoms with van der Waals surface area (Å²) in [4.78, 5) is 37.5. The number of anilines is 1. The molecule has 1 fully saturated rings. The number of amides is 1. The molecule has 152 valence electrons. The summed E-state index contributed by atoms with van der Waals surface area (Å²) in [7, 11) is 0. The summed E-state index contributed by atoms with van der Waals surface area (Å²) in [6, 6.07) is 8.39. The quantitative estimate of drug-likeness (QED) is 0.797. The van der Waals surface area contributed by atoms with E-state index in [1.165, 1.54) is 11.1 Å². The number of Topliss-reactive ketones (excluding diaryl/α,β-unsaturated/α-hetero) is 1. The second kappa shape index (κ2) is 8.19. The highest BCUT2D eigenvalue weighted by Crippen LogP contribution is 2.32. The summed E-state index contributed by atoms with van der Waals surface area (Å²) >= 11 is 0. The van der Waals surface area contributed by atoms with Crippen molar-refractivity contribution in [2.45, 2.75) is 32.6 Å². The van der Waals surface area contributed by atoms with E-state index in [-0.39, 0.29) is 17.8 Å². The van der Waals surface area contributed by atoms with Gasteiger partial charge in [-0.1, -0.05) is 29.8 Å².